The molecule has 0 spiro atoms. The van der Waals surface area contributed by atoms with Crippen LogP contribution in [0.25, 0.3) is 75.4 Å². The summed E-state index contributed by atoms with van der Waals surface area (Å²) in [5.41, 5.74) is 4.52. The number of carbonyl (C=O) groups excluding carboxylic acids is 4. The van der Waals surface area contributed by atoms with Gasteiger partial charge in [0.1, 0.15) is 0 Å². The molecule has 0 saturated carbocycles. The van der Waals surface area contributed by atoms with Crippen molar-refractivity contribution in [3.63, 3.8) is 0 Å². The first-order valence-corrected chi connectivity index (χ1v) is 22.1. The molecule has 10 heteroatoms. The molecule has 2 heterocycles. The van der Waals surface area contributed by atoms with Crippen molar-refractivity contribution in [3.05, 3.63) is 149 Å². The molecule has 0 fully saturated rings. The second-order valence-electron chi connectivity index (χ2n) is 16.8. The molecule has 0 unspecified atom stereocenters. The van der Waals surface area contributed by atoms with E-state index in [4.69, 9.17) is 0 Å². The van der Waals surface area contributed by atoms with Crippen molar-refractivity contribution in [2.75, 3.05) is 9.80 Å². The molecule has 0 bridgehead atoms. The summed E-state index contributed by atoms with van der Waals surface area (Å²) in [4.78, 5) is 59.9. The van der Waals surface area contributed by atoms with Crippen molar-refractivity contribution < 1.29 is 32.1 Å². The molecular weight excluding hydrogens is 797 g/mol. The molecule has 0 atom stereocenters. The summed E-state index contributed by atoms with van der Waals surface area (Å²) in [5, 5.41) is 12.6. The zero-order valence-electron chi connectivity index (χ0n) is 33.7. The topological polar surface area (TPSA) is 129 Å². The molecule has 62 heavy (non-hydrogen) atoms. The maximum Gasteiger partial charge on any atom is 0.294 e. The van der Waals surface area contributed by atoms with E-state index in [0.29, 0.717) is 38.7 Å². The van der Waals surface area contributed by atoms with Gasteiger partial charge in [0.15, 0.2) is 0 Å². The molecule has 9 nitrogen and oxygen atoms in total. The molecule has 1 N–H and O–H groups in total. The number of hydrogen-bond acceptors (Lipinski definition) is 6. The van der Waals surface area contributed by atoms with Gasteiger partial charge in [-0.15, -0.1) is 0 Å². The van der Waals surface area contributed by atoms with Gasteiger partial charge in [-0.25, -0.2) is 9.80 Å². The van der Waals surface area contributed by atoms with Crippen molar-refractivity contribution in [1.29, 1.82) is 0 Å². The van der Waals surface area contributed by atoms with E-state index in [1.54, 1.807) is 12.1 Å². The van der Waals surface area contributed by atoms with E-state index >= 15 is 0 Å². The first-order valence-electron chi connectivity index (χ1n) is 20.7. The van der Waals surface area contributed by atoms with E-state index in [2.05, 4.69) is 45.0 Å². The Balaban J connectivity index is 1.07. The van der Waals surface area contributed by atoms with Gasteiger partial charge in [-0.3, -0.25) is 23.7 Å². The van der Waals surface area contributed by atoms with Crippen molar-refractivity contribution in [2.24, 2.45) is 0 Å². The van der Waals surface area contributed by atoms with E-state index in [1.807, 2.05) is 54.6 Å². The lowest BCUT2D eigenvalue weighted by Crippen LogP contribution is -2.41. The lowest BCUT2D eigenvalue weighted by Gasteiger charge is -2.32. The average molecular weight is 831 g/mol. The van der Waals surface area contributed by atoms with Gasteiger partial charge in [0, 0.05) is 33.0 Å². The molecule has 12 rings (SSSR count). The van der Waals surface area contributed by atoms with Gasteiger partial charge < -0.3 is 0 Å². The molecule has 2 aliphatic heterocycles. The summed E-state index contributed by atoms with van der Waals surface area (Å²) in [6.07, 6.45) is 1.62. The third-order valence-corrected chi connectivity index (χ3v) is 14.2. The van der Waals surface area contributed by atoms with Gasteiger partial charge in [0.25, 0.3) is 33.7 Å². The van der Waals surface area contributed by atoms with Crippen LogP contribution < -0.4 is 9.80 Å². The van der Waals surface area contributed by atoms with E-state index in [0.717, 1.165) is 106 Å². The Morgan fingerprint density at radius 2 is 0.855 bits per heavy atom. The van der Waals surface area contributed by atoms with Gasteiger partial charge >= 0.3 is 0 Å². The summed E-state index contributed by atoms with van der Waals surface area (Å²) in [7, 11) is -4.47. The highest BCUT2D eigenvalue weighted by molar-refractivity contribution is 7.85. The highest BCUT2D eigenvalue weighted by atomic mass is 32.2. The first kappa shape index (κ1) is 36.6. The van der Waals surface area contributed by atoms with E-state index in [-0.39, 0.29) is 28.3 Å². The highest BCUT2D eigenvalue weighted by Gasteiger charge is 2.39. The third kappa shape index (κ3) is 4.57. The van der Waals surface area contributed by atoms with E-state index in [1.165, 1.54) is 17.0 Å². The fourth-order valence-electron chi connectivity index (χ4n) is 10.7. The van der Waals surface area contributed by atoms with Crippen molar-refractivity contribution in [2.45, 2.75) is 44.4 Å². The number of anilines is 2. The smallest absolute Gasteiger partial charge is 0.282 e. The molecule has 4 amide bonds. The van der Waals surface area contributed by atoms with Crippen LogP contribution in [0, 0.1) is 0 Å². The lowest BCUT2D eigenvalue weighted by atomic mass is 9.80. The Morgan fingerprint density at radius 1 is 0.484 bits per heavy atom. The van der Waals surface area contributed by atoms with Gasteiger partial charge in [0.05, 0.1) is 16.3 Å². The normalized spacial score (nSPS) is 14.6. The second-order valence-corrected chi connectivity index (χ2v) is 18.3. The number of fused-ring (bicyclic) bond motifs is 4. The van der Waals surface area contributed by atoms with Crippen molar-refractivity contribution in [1.82, 2.24) is 0 Å². The predicted molar refractivity (Wildman–Crippen MR) is 244 cm³/mol. The molecule has 0 aliphatic carbocycles. The number of nitrogens with zero attached hydrogens (tertiary/aromatic N) is 2. The summed E-state index contributed by atoms with van der Waals surface area (Å²) in [6.45, 7) is 6.27. The zero-order valence-corrected chi connectivity index (χ0v) is 34.5. The maximum atomic E-state index is 14.7. The van der Waals surface area contributed by atoms with Crippen LogP contribution in [-0.2, 0) is 16.5 Å². The Labute approximate surface area is 354 Å². The third-order valence-electron chi connectivity index (χ3n) is 13.3. The summed E-state index contributed by atoms with van der Waals surface area (Å²) in [5.74, 6) is -1.62. The number of imide groups is 2. The minimum absolute atomic E-state index is 0.0985. The Hall–Kier alpha value is -7.27. The largest absolute Gasteiger partial charge is 0.294 e. The number of rotatable bonds is 6. The average Bonchev–Trinajstić information content (AvgIpc) is 3.26. The number of para-hydroxylation sites is 1. The van der Waals surface area contributed by atoms with Crippen LogP contribution in [0.2, 0.25) is 0 Å². The Bertz CT molecular complexity index is 3680. The molecule has 2 aliphatic rings. The fraction of sp³-hybridized carbons (Fsp3) is 0.115. The molecular formula is C52H34N2O7S. The van der Waals surface area contributed by atoms with Crippen molar-refractivity contribution >= 4 is 121 Å². The highest BCUT2D eigenvalue weighted by Crippen LogP contribution is 2.50. The number of benzene rings is 10. The molecule has 0 saturated heterocycles. The molecule has 10 aromatic rings. The zero-order chi connectivity index (χ0) is 42.7. The minimum Gasteiger partial charge on any atom is -0.282 e. The quantitative estimate of drug-likeness (QED) is 0.0764. The fourth-order valence-corrected chi connectivity index (χ4v) is 11.2. The van der Waals surface area contributed by atoms with Crippen LogP contribution in [0.15, 0.2) is 120 Å². The molecule has 0 aromatic heterocycles. The van der Waals surface area contributed by atoms with E-state index < -0.39 is 21.9 Å². The second kappa shape index (κ2) is 12.4. The van der Waals surface area contributed by atoms with Gasteiger partial charge in [-0.1, -0.05) is 93.9 Å². The summed E-state index contributed by atoms with van der Waals surface area (Å²) >= 11 is 0. The molecule has 0 radical (unpaired) electrons. The van der Waals surface area contributed by atoms with Gasteiger partial charge in [-0.2, -0.15) is 8.42 Å². The van der Waals surface area contributed by atoms with Crippen LogP contribution in [-0.4, -0.2) is 36.6 Å². The molecule has 300 valence electrons. The summed E-state index contributed by atoms with van der Waals surface area (Å²) < 4.78 is 32.9. The monoisotopic (exact) mass is 830 g/mol. The minimum atomic E-state index is -4.47. The predicted octanol–water partition coefficient (Wildman–Crippen LogP) is 11.6. The number of amides is 4. The van der Waals surface area contributed by atoms with Gasteiger partial charge in [0.2, 0.25) is 0 Å². The van der Waals surface area contributed by atoms with Crippen LogP contribution in [0.1, 0.15) is 85.7 Å². The van der Waals surface area contributed by atoms with Crippen LogP contribution in [0.4, 0.5) is 11.4 Å². The maximum absolute atomic E-state index is 14.7. The Morgan fingerprint density at radius 3 is 1.23 bits per heavy atom. The van der Waals surface area contributed by atoms with Crippen LogP contribution in [0.5, 0.6) is 0 Å². The lowest BCUT2D eigenvalue weighted by molar-refractivity contribution is 0.0877. The molecule has 10 aromatic carbocycles. The number of aryl methyl sites for hydroxylation is 1. The number of hydrogen-bond donors (Lipinski definition) is 1. The van der Waals surface area contributed by atoms with Gasteiger partial charge in [-0.05, 0) is 137 Å². The van der Waals surface area contributed by atoms with Crippen LogP contribution in [0.3, 0.4) is 0 Å². The van der Waals surface area contributed by atoms with Crippen molar-refractivity contribution in [3.8, 4) is 0 Å². The van der Waals surface area contributed by atoms with Crippen LogP contribution >= 0.6 is 0 Å². The summed E-state index contributed by atoms with van der Waals surface area (Å²) in [6, 6.07) is 34.6. The number of carbonyl (C=O) groups is 4. The standard InChI is InChI=1S/C52H34N2O7S/c1-4-6-26-7-5-8-29(25(2)3)48(26)54-51(57)40-23-19-36-32-15-13-30-34-17-21-38-46-39(50(56)53(49(38)55)27-9-11-28(12-10-27)62(59,60)61)22-18-35(44(34)46)31-14-16-33(43(32)42(30)31)37-20-24-41(52(54)58)47(40)45(36)37/h5,7-25H,4,6H2,1-3H3,(H,59,60,61). The first-order chi connectivity index (χ1) is 29.9. The van der Waals surface area contributed by atoms with E-state index in [9.17, 15) is 32.1 Å². The Kier molecular flexibility index (Phi) is 7.32. The SMILES string of the molecule is CCCc1cccc(C(C)C)c1N1C(=O)c2ccc3c4ccc5c6ccc7c8c(ccc(c9ccc(c%10ccc(c2c3%10)C1=O)c4c59)c86)C(=O)N(c1ccc(S(=O)(=O)O)cc1)C7=O.